The van der Waals surface area contributed by atoms with Gasteiger partial charge in [0.2, 0.25) is 5.91 Å². The molecule has 1 aromatic carbocycles. The van der Waals surface area contributed by atoms with E-state index in [-0.39, 0.29) is 23.0 Å². The van der Waals surface area contributed by atoms with E-state index in [4.69, 9.17) is 4.74 Å². The number of hydrogen-bond acceptors (Lipinski definition) is 3. The first-order valence-corrected chi connectivity index (χ1v) is 10.2. The van der Waals surface area contributed by atoms with Gasteiger partial charge in [0.05, 0.1) is 17.6 Å². The summed E-state index contributed by atoms with van der Waals surface area (Å²) in [5, 5.41) is 10.3. The van der Waals surface area contributed by atoms with Gasteiger partial charge in [-0.05, 0) is 31.2 Å². The molecule has 3 aliphatic rings. The molecule has 2 atom stereocenters. The number of methoxy groups -OCH3 is 1. The summed E-state index contributed by atoms with van der Waals surface area (Å²) < 4.78 is 5.59. The normalized spacial score (nSPS) is 30.0. The number of nitrogens with zero attached hydrogens (tertiary/aromatic N) is 1. The highest BCUT2D eigenvalue weighted by Crippen LogP contribution is 2.51. The van der Waals surface area contributed by atoms with E-state index in [1.807, 2.05) is 6.07 Å². The Balaban J connectivity index is 1.53. The van der Waals surface area contributed by atoms with Crippen molar-refractivity contribution in [1.29, 1.82) is 0 Å². The maximum atomic E-state index is 13.7. The fraction of sp³-hybridized carbons (Fsp3) is 0.682. The topological polar surface area (TPSA) is 49.8 Å². The van der Waals surface area contributed by atoms with Crippen molar-refractivity contribution >= 4 is 5.91 Å². The molecule has 2 saturated carbocycles. The average molecular weight is 357 g/mol. The van der Waals surface area contributed by atoms with E-state index < -0.39 is 0 Å². The van der Waals surface area contributed by atoms with Crippen LogP contribution in [0.4, 0.5) is 0 Å². The first-order valence-electron chi connectivity index (χ1n) is 10.2. The summed E-state index contributed by atoms with van der Waals surface area (Å²) in [6, 6.07) is 10.4. The fourth-order valence-corrected chi connectivity index (χ4v) is 5.68. The number of carbonyl (C=O) groups excluding carboxylic acids is 1. The van der Waals surface area contributed by atoms with Gasteiger partial charge in [-0.25, -0.2) is 0 Å². The zero-order valence-electron chi connectivity index (χ0n) is 15.8. The van der Waals surface area contributed by atoms with Crippen LogP contribution < -0.4 is 0 Å². The lowest BCUT2D eigenvalue weighted by atomic mass is 9.58. The fourth-order valence-electron chi connectivity index (χ4n) is 5.68. The monoisotopic (exact) mass is 357 g/mol. The Morgan fingerprint density at radius 3 is 2.31 bits per heavy atom. The molecule has 4 rings (SSSR count). The van der Waals surface area contributed by atoms with E-state index >= 15 is 0 Å². The average Bonchev–Trinajstić information content (AvgIpc) is 2.72. The lowest BCUT2D eigenvalue weighted by molar-refractivity contribution is -0.203. The van der Waals surface area contributed by atoms with Crippen LogP contribution in [0.2, 0.25) is 0 Å². The number of likely N-dealkylation sites (tertiary alicyclic amines) is 1. The van der Waals surface area contributed by atoms with Crippen LogP contribution in [0.25, 0.3) is 0 Å². The van der Waals surface area contributed by atoms with Gasteiger partial charge in [-0.15, -0.1) is 0 Å². The van der Waals surface area contributed by atoms with Gasteiger partial charge in [0.25, 0.3) is 0 Å². The number of piperidine rings is 1. The molecule has 0 bridgehead atoms. The molecule has 2 aliphatic carbocycles. The predicted molar refractivity (Wildman–Crippen MR) is 101 cm³/mol. The molecule has 1 aliphatic heterocycles. The second kappa shape index (κ2) is 6.97. The minimum absolute atomic E-state index is 0.127. The quantitative estimate of drug-likeness (QED) is 0.903. The number of benzene rings is 1. The summed E-state index contributed by atoms with van der Waals surface area (Å²) in [7, 11) is 1.74. The number of aliphatic hydroxyl groups excluding tert-OH is 1. The molecule has 4 heteroatoms. The predicted octanol–water partition coefficient (Wildman–Crippen LogP) is 3.28. The van der Waals surface area contributed by atoms with Crippen molar-refractivity contribution in [2.45, 2.75) is 69.0 Å². The summed E-state index contributed by atoms with van der Waals surface area (Å²) in [6.07, 6.45) is 7.71. The molecule has 0 aromatic heterocycles. The van der Waals surface area contributed by atoms with Crippen LogP contribution in [-0.2, 0) is 14.9 Å². The summed E-state index contributed by atoms with van der Waals surface area (Å²) in [4.78, 5) is 15.7. The van der Waals surface area contributed by atoms with Gasteiger partial charge in [0, 0.05) is 32.0 Å². The molecule has 1 spiro atoms. The van der Waals surface area contributed by atoms with Crippen molar-refractivity contribution in [3.8, 4) is 0 Å². The molecule has 142 valence electrons. The van der Waals surface area contributed by atoms with Gasteiger partial charge in [-0.1, -0.05) is 49.6 Å². The van der Waals surface area contributed by atoms with Crippen LogP contribution in [-0.4, -0.2) is 48.3 Å². The number of ether oxygens (including phenoxy) is 1. The van der Waals surface area contributed by atoms with Crippen LogP contribution in [0.3, 0.4) is 0 Å². The number of carbonyl (C=O) groups is 1. The van der Waals surface area contributed by atoms with Crippen molar-refractivity contribution in [2.24, 2.45) is 5.41 Å². The number of aliphatic hydroxyl groups is 1. The number of amides is 1. The highest BCUT2D eigenvalue weighted by atomic mass is 16.5. The van der Waals surface area contributed by atoms with Crippen molar-refractivity contribution < 1.29 is 14.6 Å². The largest absolute Gasteiger partial charge is 0.392 e. The maximum Gasteiger partial charge on any atom is 0.233 e. The Labute approximate surface area is 156 Å². The Bertz CT molecular complexity index is 630. The summed E-state index contributed by atoms with van der Waals surface area (Å²) in [5.74, 6) is 0.307. The van der Waals surface area contributed by atoms with Crippen molar-refractivity contribution in [2.75, 3.05) is 20.2 Å². The third-order valence-corrected chi connectivity index (χ3v) is 7.45. The Morgan fingerprint density at radius 2 is 1.73 bits per heavy atom. The smallest absolute Gasteiger partial charge is 0.233 e. The maximum absolute atomic E-state index is 13.7. The molecule has 1 N–H and O–H groups in total. The van der Waals surface area contributed by atoms with Crippen LogP contribution in [0, 0.1) is 5.41 Å². The van der Waals surface area contributed by atoms with E-state index in [1.54, 1.807) is 7.11 Å². The number of hydrogen-bond donors (Lipinski definition) is 1. The highest BCUT2D eigenvalue weighted by Gasteiger charge is 2.57. The first-order chi connectivity index (χ1) is 12.6. The van der Waals surface area contributed by atoms with E-state index in [1.165, 1.54) is 12.0 Å². The van der Waals surface area contributed by atoms with E-state index in [0.29, 0.717) is 5.91 Å². The second-order valence-corrected chi connectivity index (χ2v) is 8.51. The van der Waals surface area contributed by atoms with Crippen molar-refractivity contribution in [3.63, 3.8) is 0 Å². The minimum Gasteiger partial charge on any atom is -0.392 e. The molecule has 1 aromatic rings. The Kier molecular flexibility index (Phi) is 4.83. The molecule has 26 heavy (non-hydrogen) atoms. The molecule has 1 saturated heterocycles. The summed E-state index contributed by atoms with van der Waals surface area (Å²) >= 11 is 0. The lowest BCUT2D eigenvalue weighted by Crippen LogP contribution is -2.63. The van der Waals surface area contributed by atoms with Crippen LogP contribution >= 0.6 is 0 Å². The van der Waals surface area contributed by atoms with E-state index in [0.717, 1.165) is 58.0 Å². The van der Waals surface area contributed by atoms with Crippen LogP contribution in [0.5, 0.6) is 0 Å². The lowest BCUT2D eigenvalue weighted by Gasteiger charge is -2.57. The summed E-state index contributed by atoms with van der Waals surface area (Å²) in [6.45, 7) is 1.48. The third-order valence-electron chi connectivity index (χ3n) is 7.45. The van der Waals surface area contributed by atoms with E-state index in [9.17, 15) is 9.90 Å². The first kappa shape index (κ1) is 18.0. The molecule has 1 heterocycles. The van der Waals surface area contributed by atoms with Gasteiger partial charge < -0.3 is 14.7 Å². The Morgan fingerprint density at radius 1 is 1.08 bits per heavy atom. The van der Waals surface area contributed by atoms with Gasteiger partial charge in [-0.2, -0.15) is 0 Å². The standard InChI is InChI=1S/C22H31NO3/c1-26-19-16-18(24)22(19)12-14-23(15-13-22)20(25)21(10-6-3-7-11-21)17-8-4-2-5-9-17/h2,4-5,8-9,18-19,24H,3,6-7,10-16H2,1H3/t18-,19+/m0/s1. The molecule has 1 amide bonds. The SMILES string of the molecule is CO[C@@H]1C[C@H](O)C12CCN(C(=O)C1(c3ccccc3)CCCCC1)CC2. The highest BCUT2D eigenvalue weighted by molar-refractivity contribution is 5.88. The van der Waals surface area contributed by atoms with Crippen molar-refractivity contribution in [1.82, 2.24) is 4.90 Å². The minimum atomic E-state index is -0.344. The molecule has 0 unspecified atom stereocenters. The molecular formula is C22H31NO3. The van der Waals surface area contributed by atoms with Crippen LogP contribution in [0.15, 0.2) is 30.3 Å². The molecular weight excluding hydrogens is 326 g/mol. The summed E-state index contributed by atoms with van der Waals surface area (Å²) in [5.41, 5.74) is 0.712. The van der Waals surface area contributed by atoms with Crippen molar-refractivity contribution in [3.05, 3.63) is 35.9 Å². The third kappa shape index (κ3) is 2.69. The van der Waals surface area contributed by atoms with Gasteiger partial charge >= 0.3 is 0 Å². The van der Waals surface area contributed by atoms with Gasteiger partial charge in [0.15, 0.2) is 0 Å². The molecule has 3 fully saturated rings. The van der Waals surface area contributed by atoms with Gasteiger partial charge in [0.1, 0.15) is 0 Å². The molecule has 4 nitrogen and oxygen atoms in total. The van der Waals surface area contributed by atoms with E-state index in [2.05, 4.69) is 29.2 Å². The zero-order chi connectivity index (χ0) is 18.2. The Hall–Kier alpha value is -1.39. The van der Waals surface area contributed by atoms with Crippen LogP contribution in [0.1, 0.15) is 56.9 Å². The number of rotatable bonds is 3. The zero-order valence-corrected chi connectivity index (χ0v) is 15.8. The second-order valence-electron chi connectivity index (χ2n) is 8.51. The van der Waals surface area contributed by atoms with Gasteiger partial charge in [-0.3, -0.25) is 4.79 Å². The molecule has 0 radical (unpaired) electrons.